The normalized spacial score (nSPS) is 11.4. The van der Waals surface area contributed by atoms with Crippen molar-refractivity contribution in [1.29, 1.82) is 0 Å². The fraction of sp³-hybridized carbons (Fsp3) is 0.222. The van der Waals surface area contributed by atoms with Crippen LogP contribution in [0.4, 0.5) is 0 Å². The summed E-state index contributed by atoms with van der Waals surface area (Å²) in [5, 5.41) is 0. The van der Waals surface area contributed by atoms with Crippen LogP contribution in [0.2, 0.25) is 0 Å². The average Bonchev–Trinajstić information content (AvgIpc) is 2.64. The van der Waals surface area contributed by atoms with Gasteiger partial charge in [-0.3, -0.25) is 9.79 Å². The summed E-state index contributed by atoms with van der Waals surface area (Å²) in [6, 6.07) is 18.5. The summed E-state index contributed by atoms with van der Waals surface area (Å²) >= 11 is 0. The molecule has 0 heterocycles. The van der Waals surface area contributed by atoms with Gasteiger partial charge in [-0.1, -0.05) is 60.7 Å². The van der Waals surface area contributed by atoms with E-state index in [1.165, 1.54) is 0 Å². The first-order valence-electron chi connectivity index (χ1n) is 8.19. The van der Waals surface area contributed by atoms with Gasteiger partial charge in [-0.05, 0) is 23.8 Å². The number of carbonyl (C=O) groups excluding carboxylic acids is 1. The summed E-state index contributed by atoms with van der Waals surface area (Å²) < 4.78 is 5.71. The summed E-state index contributed by atoms with van der Waals surface area (Å²) in [5.74, 6) is -0.410. The standard InChI is InChI=1S/C18H23BN4O2/c20-16(12-7-13-23-18(21)22)17(24)25-19(14-8-3-1-4-9-14)15-10-5-2-6-11-15/h1-6,8-11,16H,7,12-13,20H2,(H4,21,22,23). The Balaban J connectivity index is 2.04. The van der Waals surface area contributed by atoms with E-state index in [2.05, 4.69) is 4.99 Å². The summed E-state index contributed by atoms with van der Waals surface area (Å²) in [5.41, 5.74) is 18.3. The second-order valence-electron chi connectivity index (χ2n) is 5.69. The molecule has 2 rings (SSSR count). The van der Waals surface area contributed by atoms with Crippen LogP contribution >= 0.6 is 0 Å². The molecule has 6 N–H and O–H groups in total. The Morgan fingerprint density at radius 2 is 1.52 bits per heavy atom. The van der Waals surface area contributed by atoms with Crippen molar-refractivity contribution in [2.24, 2.45) is 22.2 Å². The van der Waals surface area contributed by atoms with E-state index in [9.17, 15) is 4.79 Å². The summed E-state index contributed by atoms with van der Waals surface area (Å²) in [4.78, 5) is 16.3. The molecule has 7 heteroatoms. The fourth-order valence-electron chi connectivity index (χ4n) is 2.42. The number of benzene rings is 2. The van der Waals surface area contributed by atoms with Crippen molar-refractivity contribution >= 4 is 29.8 Å². The molecule has 25 heavy (non-hydrogen) atoms. The van der Waals surface area contributed by atoms with Crippen molar-refractivity contribution in [3.63, 3.8) is 0 Å². The van der Waals surface area contributed by atoms with Crippen LogP contribution in [-0.2, 0) is 9.45 Å². The monoisotopic (exact) mass is 338 g/mol. The number of rotatable bonds is 8. The zero-order valence-electron chi connectivity index (χ0n) is 14.0. The highest BCUT2D eigenvalue weighted by Gasteiger charge is 2.27. The van der Waals surface area contributed by atoms with Crippen molar-refractivity contribution < 1.29 is 9.45 Å². The number of guanidine groups is 1. The zero-order valence-corrected chi connectivity index (χ0v) is 14.0. The van der Waals surface area contributed by atoms with Crippen LogP contribution in [0.25, 0.3) is 0 Å². The largest absolute Gasteiger partial charge is 0.525 e. The van der Waals surface area contributed by atoms with Crippen LogP contribution in [0, 0.1) is 0 Å². The number of nitrogens with zero attached hydrogens (tertiary/aromatic N) is 1. The minimum atomic E-state index is -0.718. The number of hydrogen-bond donors (Lipinski definition) is 3. The van der Waals surface area contributed by atoms with Gasteiger partial charge in [0.1, 0.15) is 6.04 Å². The minimum Gasteiger partial charge on any atom is -0.525 e. The van der Waals surface area contributed by atoms with E-state index in [1.807, 2.05) is 60.7 Å². The molecule has 130 valence electrons. The Kier molecular flexibility index (Phi) is 7.04. The van der Waals surface area contributed by atoms with E-state index in [-0.39, 0.29) is 5.96 Å². The third-order valence-electron chi connectivity index (χ3n) is 3.71. The predicted molar refractivity (Wildman–Crippen MR) is 102 cm³/mol. The molecule has 1 unspecified atom stereocenters. The Bertz CT molecular complexity index is 651. The van der Waals surface area contributed by atoms with Gasteiger partial charge in [0.05, 0.1) is 0 Å². The van der Waals surface area contributed by atoms with E-state index >= 15 is 0 Å². The maximum Gasteiger partial charge on any atom is 0.429 e. The van der Waals surface area contributed by atoms with Gasteiger partial charge >= 0.3 is 12.9 Å². The van der Waals surface area contributed by atoms with Gasteiger partial charge in [-0.2, -0.15) is 0 Å². The molecule has 0 aliphatic rings. The lowest BCUT2D eigenvalue weighted by molar-refractivity contribution is -0.136. The zero-order chi connectivity index (χ0) is 18.1. The fourth-order valence-corrected chi connectivity index (χ4v) is 2.42. The molecule has 0 aromatic heterocycles. The van der Waals surface area contributed by atoms with Crippen LogP contribution in [-0.4, -0.2) is 31.4 Å². The van der Waals surface area contributed by atoms with Gasteiger partial charge in [0, 0.05) is 6.54 Å². The molecule has 2 aromatic rings. The third kappa shape index (κ3) is 5.97. The van der Waals surface area contributed by atoms with Gasteiger partial charge in [0.2, 0.25) is 0 Å². The second kappa shape index (κ2) is 9.49. The highest BCUT2D eigenvalue weighted by atomic mass is 16.5. The average molecular weight is 338 g/mol. The van der Waals surface area contributed by atoms with Gasteiger partial charge in [-0.15, -0.1) is 0 Å². The van der Waals surface area contributed by atoms with Gasteiger partial charge in [0.25, 0.3) is 0 Å². The lowest BCUT2D eigenvalue weighted by Gasteiger charge is -2.18. The van der Waals surface area contributed by atoms with Crippen LogP contribution < -0.4 is 28.1 Å². The molecule has 2 aromatic carbocycles. The molecule has 1 atom stereocenters. The van der Waals surface area contributed by atoms with Gasteiger partial charge in [-0.25, -0.2) is 0 Å². The molecule has 0 fully saturated rings. The highest BCUT2D eigenvalue weighted by Crippen LogP contribution is 2.01. The van der Waals surface area contributed by atoms with Crippen LogP contribution in [0.5, 0.6) is 0 Å². The van der Waals surface area contributed by atoms with Gasteiger partial charge in [0.15, 0.2) is 5.96 Å². The maximum absolute atomic E-state index is 12.4. The first-order chi connectivity index (χ1) is 12.1. The van der Waals surface area contributed by atoms with Crippen LogP contribution in [0.1, 0.15) is 12.8 Å². The van der Waals surface area contributed by atoms with Crippen LogP contribution in [0.15, 0.2) is 65.7 Å². The van der Waals surface area contributed by atoms with Crippen molar-refractivity contribution in [2.75, 3.05) is 6.54 Å². The summed E-state index contributed by atoms with van der Waals surface area (Å²) in [6.45, 7) is -0.0527. The van der Waals surface area contributed by atoms with E-state index in [4.69, 9.17) is 21.9 Å². The molecule has 0 aliphatic carbocycles. The van der Waals surface area contributed by atoms with E-state index in [1.54, 1.807) is 0 Å². The van der Waals surface area contributed by atoms with Crippen molar-refractivity contribution in [3.05, 3.63) is 60.7 Å². The maximum atomic E-state index is 12.4. The molecule has 0 radical (unpaired) electrons. The molecule has 0 amide bonds. The summed E-state index contributed by atoms with van der Waals surface area (Å²) in [7, 11) is 0. The highest BCUT2D eigenvalue weighted by molar-refractivity contribution is 6.81. The predicted octanol–water partition coefficient (Wildman–Crippen LogP) is -0.284. The number of nitrogens with two attached hydrogens (primary N) is 3. The Morgan fingerprint density at radius 1 is 1.00 bits per heavy atom. The lowest BCUT2D eigenvalue weighted by atomic mass is 9.55. The summed E-state index contributed by atoms with van der Waals surface area (Å²) in [6.07, 6.45) is 1.06. The van der Waals surface area contributed by atoms with Crippen molar-refractivity contribution in [3.8, 4) is 0 Å². The van der Waals surface area contributed by atoms with Crippen molar-refractivity contribution in [2.45, 2.75) is 18.9 Å². The Hall–Kier alpha value is -2.80. The minimum absolute atomic E-state index is 0.0318. The molecule has 6 nitrogen and oxygen atoms in total. The molecule has 0 saturated carbocycles. The Labute approximate surface area is 148 Å². The molecular formula is C18H23BN4O2. The SMILES string of the molecule is NC(N)=NCCCC(N)C(=O)OB(c1ccccc1)c1ccccc1. The lowest BCUT2D eigenvalue weighted by Crippen LogP contribution is -2.49. The molecule has 0 aliphatic heterocycles. The number of aliphatic imine (C=N–C) groups is 1. The van der Waals surface area contributed by atoms with Crippen molar-refractivity contribution in [1.82, 2.24) is 0 Å². The van der Waals surface area contributed by atoms with E-state index in [0.717, 1.165) is 10.9 Å². The third-order valence-corrected chi connectivity index (χ3v) is 3.71. The molecular weight excluding hydrogens is 315 g/mol. The molecule has 0 spiro atoms. The second-order valence-corrected chi connectivity index (χ2v) is 5.69. The first kappa shape index (κ1) is 18.5. The van der Waals surface area contributed by atoms with E-state index < -0.39 is 18.9 Å². The van der Waals surface area contributed by atoms with E-state index in [0.29, 0.717) is 19.4 Å². The first-order valence-corrected chi connectivity index (χ1v) is 8.19. The quantitative estimate of drug-likeness (QED) is 0.265. The molecule has 0 saturated heterocycles. The van der Waals surface area contributed by atoms with Crippen LogP contribution in [0.3, 0.4) is 0 Å². The smallest absolute Gasteiger partial charge is 0.429 e. The topological polar surface area (TPSA) is 117 Å². The number of carbonyl (C=O) groups is 1. The number of hydrogen-bond acceptors (Lipinski definition) is 4. The molecule has 0 bridgehead atoms. The van der Waals surface area contributed by atoms with Gasteiger partial charge < -0.3 is 21.9 Å². The Morgan fingerprint density at radius 3 is 2.00 bits per heavy atom.